The Kier molecular flexibility index (Phi) is 5.39. The number of aromatic nitrogens is 1. The average molecular weight is 359 g/mol. The van der Waals surface area contributed by atoms with E-state index in [9.17, 15) is 9.18 Å². The van der Waals surface area contributed by atoms with Gasteiger partial charge in [-0.2, -0.15) is 0 Å². The number of carbonyl (C=O) groups excluding carboxylic acids is 1. The van der Waals surface area contributed by atoms with Crippen molar-refractivity contribution >= 4 is 28.4 Å². The number of nitrogens with one attached hydrogen (secondary N) is 1. The van der Waals surface area contributed by atoms with Crippen molar-refractivity contribution in [2.75, 3.05) is 0 Å². The molecule has 3 nitrogen and oxygen atoms in total. The highest BCUT2D eigenvalue weighted by molar-refractivity contribution is 6.31. The Morgan fingerprint density at radius 1 is 1.20 bits per heavy atom. The van der Waals surface area contributed by atoms with E-state index in [0.29, 0.717) is 23.6 Å². The minimum absolute atomic E-state index is 0.0272. The SMILES string of the molecule is Cn1cc(CCCC(=O)NCc2ccc(F)cc2Cl)c2ccccc21. The summed E-state index contributed by atoms with van der Waals surface area (Å²) >= 11 is 5.96. The first-order valence-electron chi connectivity index (χ1n) is 8.28. The molecule has 0 unspecified atom stereocenters. The molecular formula is C20H20ClFN2O. The van der Waals surface area contributed by atoms with Crippen molar-refractivity contribution in [3.05, 3.63) is 70.6 Å². The van der Waals surface area contributed by atoms with E-state index in [4.69, 9.17) is 11.6 Å². The first-order valence-corrected chi connectivity index (χ1v) is 8.66. The molecule has 0 aliphatic heterocycles. The number of halogens is 2. The van der Waals surface area contributed by atoms with E-state index >= 15 is 0 Å². The molecule has 0 aliphatic carbocycles. The summed E-state index contributed by atoms with van der Waals surface area (Å²) in [5.41, 5.74) is 3.17. The molecule has 0 bridgehead atoms. The monoisotopic (exact) mass is 358 g/mol. The lowest BCUT2D eigenvalue weighted by Gasteiger charge is -2.07. The van der Waals surface area contributed by atoms with Crippen LogP contribution in [-0.4, -0.2) is 10.5 Å². The lowest BCUT2D eigenvalue weighted by Crippen LogP contribution is -2.22. The van der Waals surface area contributed by atoms with Crippen LogP contribution < -0.4 is 5.32 Å². The molecule has 0 aliphatic rings. The third kappa shape index (κ3) is 4.20. The smallest absolute Gasteiger partial charge is 0.220 e. The van der Waals surface area contributed by atoms with E-state index in [-0.39, 0.29) is 11.7 Å². The number of amides is 1. The second-order valence-electron chi connectivity index (χ2n) is 6.15. The molecule has 0 fully saturated rings. The molecule has 2 aromatic carbocycles. The third-order valence-corrected chi connectivity index (χ3v) is 4.67. The molecule has 0 spiro atoms. The van der Waals surface area contributed by atoms with Gasteiger partial charge in [0, 0.05) is 42.1 Å². The van der Waals surface area contributed by atoms with Crippen LogP contribution in [0.25, 0.3) is 10.9 Å². The molecule has 0 radical (unpaired) electrons. The van der Waals surface area contributed by atoms with Crippen LogP contribution in [0.5, 0.6) is 0 Å². The first-order chi connectivity index (χ1) is 12.0. The summed E-state index contributed by atoms with van der Waals surface area (Å²) in [5, 5.41) is 4.41. The van der Waals surface area contributed by atoms with Gasteiger partial charge in [0.05, 0.1) is 0 Å². The van der Waals surface area contributed by atoms with Crippen LogP contribution >= 0.6 is 11.6 Å². The highest BCUT2D eigenvalue weighted by Crippen LogP contribution is 2.22. The molecule has 25 heavy (non-hydrogen) atoms. The summed E-state index contributed by atoms with van der Waals surface area (Å²) in [6, 6.07) is 12.5. The minimum atomic E-state index is -0.379. The highest BCUT2D eigenvalue weighted by Gasteiger charge is 2.08. The van der Waals surface area contributed by atoms with Gasteiger partial charge in [-0.3, -0.25) is 4.79 Å². The van der Waals surface area contributed by atoms with E-state index in [1.807, 2.05) is 19.2 Å². The van der Waals surface area contributed by atoms with Gasteiger partial charge in [-0.25, -0.2) is 4.39 Å². The predicted octanol–water partition coefficient (Wildman–Crippen LogP) is 4.61. The van der Waals surface area contributed by atoms with Crippen molar-refractivity contribution < 1.29 is 9.18 Å². The Bertz CT molecular complexity index is 904. The highest BCUT2D eigenvalue weighted by atomic mass is 35.5. The van der Waals surface area contributed by atoms with Crippen LogP contribution in [0.3, 0.4) is 0 Å². The molecule has 5 heteroatoms. The Morgan fingerprint density at radius 2 is 2.00 bits per heavy atom. The van der Waals surface area contributed by atoms with E-state index < -0.39 is 0 Å². The van der Waals surface area contributed by atoms with Gasteiger partial charge in [0.15, 0.2) is 0 Å². The molecule has 0 saturated heterocycles. The number of hydrogen-bond acceptors (Lipinski definition) is 1. The van der Waals surface area contributed by atoms with Crippen LogP contribution in [0.2, 0.25) is 5.02 Å². The van der Waals surface area contributed by atoms with Crippen LogP contribution in [0, 0.1) is 5.82 Å². The van der Waals surface area contributed by atoms with Crippen molar-refractivity contribution in [2.45, 2.75) is 25.8 Å². The normalized spacial score (nSPS) is 11.0. The van der Waals surface area contributed by atoms with Gasteiger partial charge in [0.1, 0.15) is 5.82 Å². The largest absolute Gasteiger partial charge is 0.352 e. The van der Waals surface area contributed by atoms with E-state index in [1.54, 1.807) is 6.07 Å². The Balaban J connectivity index is 1.51. The summed E-state index contributed by atoms with van der Waals surface area (Å²) in [5.74, 6) is -0.407. The van der Waals surface area contributed by atoms with E-state index in [1.165, 1.54) is 28.6 Å². The maximum atomic E-state index is 13.0. The van der Waals surface area contributed by atoms with Crippen molar-refractivity contribution in [3.8, 4) is 0 Å². The summed E-state index contributed by atoms with van der Waals surface area (Å²) < 4.78 is 15.1. The molecule has 3 aromatic rings. The predicted molar refractivity (Wildman–Crippen MR) is 99.1 cm³/mol. The number of rotatable bonds is 6. The fourth-order valence-corrected chi connectivity index (χ4v) is 3.25. The second kappa shape index (κ2) is 7.70. The van der Waals surface area contributed by atoms with Crippen molar-refractivity contribution in [3.63, 3.8) is 0 Å². The zero-order valence-corrected chi connectivity index (χ0v) is 14.8. The third-order valence-electron chi connectivity index (χ3n) is 4.32. The van der Waals surface area contributed by atoms with Gasteiger partial charge >= 0.3 is 0 Å². The maximum Gasteiger partial charge on any atom is 0.220 e. The number of benzene rings is 2. The molecule has 1 aromatic heterocycles. The number of hydrogen-bond donors (Lipinski definition) is 1. The van der Waals surface area contributed by atoms with Crippen molar-refractivity contribution in [1.29, 1.82) is 0 Å². The average Bonchev–Trinajstić information content (AvgIpc) is 2.91. The van der Waals surface area contributed by atoms with E-state index in [0.717, 1.165) is 12.8 Å². The minimum Gasteiger partial charge on any atom is -0.352 e. The van der Waals surface area contributed by atoms with Crippen LogP contribution in [-0.2, 0) is 24.8 Å². The second-order valence-corrected chi connectivity index (χ2v) is 6.56. The van der Waals surface area contributed by atoms with Crippen LogP contribution in [0.1, 0.15) is 24.0 Å². The quantitative estimate of drug-likeness (QED) is 0.686. The van der Waals surface area contributed by atoms with E-state index in [2.05, 4.69) is 28.2 Å². The fourth-order valence-electron chi connectivity index (χ4n) is 3.01. The molecular weight excluding hydrogens is 339 g/mol. The fraction of sp³-hybridized carbons (Fsp3) is 0.250. The first kappa shape index (κ1) is 17.5. The summed E-state index contributed by atoms with van der Waals surface area (Å²) in [7, 11) is 2.03. The Morgan fingerprint density at radius 3 is 2.80 bits per heavy atom. The van der Waals surface area contributed by atoms with Gasteiger partial charge < -0.3 is 9.88 Å². The van der Waals surface area contributed by atoms with Crippen molar-refractivity contribution in [2.24, 2.45) is 7.05 Å². The standard InChI is InChI=1S/C20H20ClFN2O/c1-24-13-15(17-6-2-3-7-19(17)24)5-4-8-20(25)23-12-14-9-10-16(22)11-18(14)21/h2-3,6-7,9-11,13H,4-5,8,12H2,1H3,(H,23,25). The van der Waals surface area contributed by atoms with Gasteiger partial charge in [-0.15, -0.1) is 0 Å². The molecule has 0 saturated carbocycles. The van der Waals surface area contributed by atoms with Gasteiger partial charge in [-0.05, 0) is 42.2 Å². The zero-order chi connectivity index (χ0) is 17.8. The summed E-state index contributed by atoms with van der Waals surface area (Å²) in [6.07, 6.45) is 4.20. The molecule has 1 N–H and O–H groups in total. The lowest BCUT2D eigenvalue weighted by molar-refractivity contribution is -0.121. The number of fused-ring (bicyclic) bond motifs is 1. The van der Waals surface area contributed by atoms with Crippen LogP contribution in [0.15, 0.2) is 48.7 Å². The molecule has 3 rings (SSSR count). The van der Waals surface area contributed by atoms with Gasteiger partial charge in [0.25, 0.3) is 0 Å². The van der Waals surface area contributed by atoms with Crippen molar-refractivity contribution in [1.82, 2.24) is 9.88 Å². The van der Waals surface area contributed by atoms with Gasteiger partial charge in [0.2, 0.25) is 5.91 Å². The molecule has 1 heterocycles. The molecule has 130 valence electrons. The lowest BCUT2D eigenvalue weighted by atomic mass is 10.1. The Hall–Kier alpha value is -2.33. The summed E-state index contributed by atoms with van der Waals surface area (Å²) in [6.45, 7) is 0.312. The van der Waals surface area contributed by atoms with Crippen LogP contribution in [0.4, 0.5) is 4.39 Å². The topological polar surface area (TPSA) is 34.0 Å². The number of para-hydroxylation sites is 1. The number of carbonyl (C=O) groups is 1. The Labute approximate surface area is 151 Å². The zero-order valence-electron chi connectivity index (χ0n) is 14.1. The van der Waals surface area contributed by atoms with Gasteiger partial charge in [-0.1, -0.05) is 35.9 Å². The molecule has 0 atom stereocenters. The number of nitrogens with zero attached hydrogens (tertiary/aromatic N) is 1. The number of aryl methyl sites for hydroxylation is 2. The molecule has 1 amide bonds. The maximum absolute atomic E-state index is 13.0. The summed E-state index contributed by atoms with van der Waals surface area (Å²) in [4.78, 5) is 12.0.